The van der Waals surface area contributed by atoms with Crippen LogP contribution in [0.1, 0.15) is 24.8 Å². The fraction of sp³-hybridized carbons (Fsp3) is 0.583. The van der Waals surface area contributed by atoms with Gasteiger partial charge in [-0.15, -0.1) is 0 Å². The molecular formula is C12H15ClN2O. The summed E-state index contributed by atoms with van der Waals surface area (Å²) < 4.78 is 5.82. The van der Waals surface area contributed by atoms with Crippen molar-refractivity contribution in [2.45, 2.75) is 31.9 Å². The molecule has 1 fully saturated rings. The van der Waals surface area contributed by atoms with Gasteiger partial charge in [0.25, 0.3) is 0 Å². The van der Waals surface area contributed by atoms with Crippen LogP contribution in [0.15, 0.2) is 12.3 Å². The number of nitrogens with zero attached hydrogens (tertiary/aromatic N) is 2. The van der Waals surface area contributed by atoms with E-state index in [9.17, 15) is 0 Å². The Bertz CT molecular complexity index is 391. The second-order valence-electron chi connectivity index (χ2n) is 4.36. The van der Waals surface area contributed by atoms with Gasteiger partial charge < -0.3 is 9.64 Å². The minimum Gasteiger partial charge on any atom is -0.358 e. The van der Waals surface area contributed by atoms with Gasteiger partial charge in [-0.3, -0.25) is 0 Å². The third-order valence-electron chi connectivity index (χ3n) is 3.39. The first-order valence-corrected chi connectivity index (χ1v) is 6.25. The van der Waals surface area contributed by atoms with Gasteiger partial charge in [-0.05, 0) is 31.7 Å². The van der Waals surface area contributed by atoms with Crippen LogP contribution in [0.4, 0.5) is 5.69 Å². The summed E-state index contributed by atoms with van der Waals surface area (Å²) in [6, 6.07) is 2.05. The van der Waals surface area contributed by atoms with Crippen molar-refractivity contribution in [1.82, 2.24) is 4.98 Å². The number of ether oxygens (including phenoxy) is 1. The van der Waals surface area contributed by atoms with E-state index >= 15 is 0 Å². The number of hydrogen-bond acceptors (Lipinski definition) is 3. The molecule has 0 radical (unpaired) electrons. The fourth-order valence-corrected chi connectivity index (χ4v) is 2.83. The van der Waals surface area contributed by atoms with Crippen molar-refractivity contribution in [3.63, 3.8) is 0 Å². The average molecular weight is 239 g/mol. The number of rotatable bonds is 1. The molecule has 0 unspecified atom stereocenters. The van der Waals surface area contributed by atoms with E-state index in [4.69, 9.17) is 16.3 Å². The first-order valence-electron chi connectivity index (χ1n) is 5.88. The maximum absolute atomic E-state index is 6.10. The Morgan fingerprint density at radius 3 is 3.19 bits per heavy atom. The van der Waals surface area contributed by atoms with Gasteiger partial charge in [-0.2, -0.15) is 0 Å². The molecule has 3 nitrogen and oxygen atoms in total. The highest BCUT2D eigenvalue weighted by Gasteiger charge is 2.29. The molecule has 1 atom stereocenters. The minimum absolute atomic E-state index is 0.244. The lowest BCUT2D eigenvalue weighted by Gasteiger charge is -2.33. The summed E-state index contributed by atoms with van der Waals surface area (Å²) in [5.41, 5.74) is 2.39. The molecule has 1 aromatic heterocycles. The maximum Gasteiger partial charge on any atom is 0.134 e. The third kappa shape index (κ3) is 1.68. The topological polar surface area (TPSA) is 25.4 Å². The molecule has 0 N–H and O–H groups in total. The van der Waals surface area contributed by atoms with E-state index in [0.29, 0.717) is 5.15 Å². The normalized spacial score (nSPS) is 24.6. The number of fused-ring (bicyclic) bond motifs is 1. The highest BCUT2D eigenvalue weighted by Crippen LogP contribution is 2.35. The predicted octanol–water partition coefficient (Wildman–Crippen LogP) is 2.62. The van der Waals surface area contributed by atoms with E-state index in [1.165, 1.54) is 24.1 Å². The highest BCUT2D eigenvalue weighted by atomic mass is 35.5. The largest absolute Gasteiger partial charge is 0.358 e. The molecular weight excluding hydrogens is 224 g/mol. The van der Waals surface area contributed by atoms with Gasteiger partial charge in [0, 0.05) is 30.6 Å². The first kappa shape index (κ1) is 10.4. The number of pyridine rings is 1. The van der Waals surface area contributed by atoms with Gasteiger partial charge in [0.05, 0.1) is 0 Å². The lowest BCUT2D eigenvalue weighted by molar-refractivity contribution is 0.0154. The summed E-state index contributed by atoms with van der Waals surface area (Å²) in [6.45, 7) is 1.89. The van der Waals surface area contributed by atoms with Gasteiger partial charge in [0.15, 0.2) is 0 Å². The molecule has 4 heteroatoms. The molecule has 0 aromatic carbocycles. The lowest BCUT2D eigenvalue weighted by Crippen LogP contribution is -2.38. The minimum atomic E-state index is 0.244. The molecule has 3 rings (SSSR count). The SMILES string of the molecule is Clc1nccc2c1CCN2[C@@H]1CCCCO1. The molecule has 3 heterocycles. The second-order valence-corrected chi connectivity index (χ2v) is 4.72. The monoisotopic (exact) mass is 238 g/mol. The molecule has 1 aromatic rings. The Morgan fingerprint density at radius 2 is 2.38 bits per heavy atom. The summed E-state index contributed by atoms with van der Waals surface area (Å²) in [6.07, 6.45) is 6.58. The van der Waals surface area contributed by atoms with Gasteiger partial charge >= 0.3 is 0 Å². The van der Waals surface area contributed by atoms with Crippen LogP contribution in [0.25, 0.3) is 0 Å². The van der Waals surface area contributed by atoms with Crippen LogP contribution in [0.2, 0.25) is 5.15 Å². The van der Waals surface area contributed by atoms with Gasteiger partial charge in [0.1, 0.15) is 11.4 Å². The molecule has 2 aliphatic rings. The molecule has 0 spiro atoms. The summed E-state index contributed by atoms with van der Waals surface area (Å²) >= 11 is 6.10. The van der Waals surface area contributed by atoms with Crippen molar-refractivity contribution in [3.05, 3.63) is 23.0 Å². The summed E-state index contributed by atoms with van der Waals surface area (Å²) in [7, 11) is 0. The van der Waals surface area contributed by atoms with E-state index in [-0.39, 0.29) is 6.23 Å². The first-order chi connectivity index (χ1) is 7.86. The molecule has 86 valence electrons. The van der Waals surface area contributed by atoms with Crippen LogP contribution < -0.4 is 4.90 Å². The number of anilines is 1. The Hall–Kier alpha value is -0.800. The van der Waals surface area contributed by atoms with Crippen molar-refractivity contribution < 1.29 is 4.74 Å². The van der Waals surface area contributed by atoms with Crippen LogP contribution >= 0.6 is 11.6 Å². The van der Waals surface area contributed by atoms with Crippen LogP contribution in [0.3, 0.4) is 0 Å². The van der Waals surface area contributed by atoms with Crippen LogP contribution in [-0.4, -0.2) is 24.4 Å². The predicted molar refractivity (Wildman–Crippen MR) is 63.9 cm³/mol. The smallest absolute Gasteiger partial charge is 0.134 e. The summed E-state index contributed by atoms with van der Waals surface area (Å²) in [5, 5.41) is 0.649. The number of hydrogen-bond donors (Lipinski definition) is 0. The second kappa shape index (κ2) is 4.22. The van der Waals surface area contributed by atoms with Gasteiger partial charge in [-0.25, -0.2) is 4.98 Å². The van der Waals surface area contributed by atoms with Crippen molar-refractivity contribution >= 4 is 17.3 Å². The van der Waals surface area contributed by atoms with Crippen molar-refractivity contribution in [2.24, 2.45) is 0 Å². The van der Waals surface area contributed by atoms with E-state index in [0.717, 1.165) is 26.0 Å². The molecule has 0 aliphatic carbocycles. The molecule has 1 saturated heterocycles. The van der Waals surface area contributed by atoms with Gasteiger partial charge in [0.2, 0.25) is 0 Å². The molecule has 16 heavy (non-hydrogen) atoms. The Kier molecular flexibility index (Phi) is 2.74. The van der Waals surface area contributed by atoms with Gasteiger partial charge in [-0.1, -0.05) is 11.6 Å². The maximum atomic E-state index is 6.10. The summed E-state index contributed by atoms with van der Waals surface area (Å²) in [5.74, 6) is 0. The zero-order chi connectivity index (χ0) is 11.0. The van der Waals surface area contributed by atoms with Crippen molar-refractivity contribution in [2.75, 3.05) is 18.1 Å². The van der Waals surface area contributed by atoms with E-state index in [2.05, 4.69) is 9.88 Å². The third-order valence-corrected chi connectivity index (χ3v) is 3.72. The quantitative estimate of drug-likeness (QED) is 0.704. The Morgan fingerprint density at radius 1 is 1.44 bits per heavy atom. The Labute approximate surface area is 100 Å². The number of aromatic nitrogens is 1. The molecule has 0 amide bonds. The fourth-order valence-electron chi connectivity index (χ4n) is 2.58. The van der Waals surface area contributed by atoms with Crippen LogP contribution in [0.5, 0.6) is 0 Å². The molecule has 2 aliphatic heterocycles. The van der Waals surface area contributed by atoms with Crippen molar-refractivity contribution in [1.29, 1.82) is 0 Å². The van der Waals surface area contributed by atoms with E-state index in [1.54, 1.807) is 6.20 Å². The van der Waals surface area contributed by atoms with Crippen LogP contribution in [0, 0.1) is 0 Å². The van der Waals surface area contributed by atoms with Crippen LogP contribution in [-0.2, 0) is 11.2 Å². The zero-order valence-corrected chi connectivity index (χ0v) is 9.91. The Balaban J connectivity index is 1.87. The molecule has 0 saturated carbocycles. The van der Waals surface area contributed by atoms with E-state index < -0.39 is 0 Å². The number of halogens is 1. The zero-order valence-electron chi connectivity index (χ0n) is 9.16. The summed E-state index contributed by atoms with van der Waals surface area (Å²) in [4.78, 5) is 6.46. The lowest BCUT2D eigenvalue weighted by atomic mass is 10.1. The van der Waals surface area contributed by atoms with E-state index in [1.807, 2.05) is 6.07 Å². The average Bonchev–Trinajstić information content (AvgIpc) is 2.75. The van der Waals surface area contributed by atoms with Crippen molar-refractivity contribution in [3.8, 4) is 0 Å². The highest BCUT2D eigenvalue weighted by molar-refractivity contribution is 6.30. The molecule has 0 bridgehead atoms. The standard InChI is InChI=1S/C12H15ClN2O/c13-12-9-5-7-15(10(9)4-6-14-12)11-3-1-2-8-16-11/h4,6,11H,1-3,5,7-8H2/t11-/m0/s1.